The van der Waals surface area contributed by atoms with Crippen LogP contribution in [0.3, 0.4) is 0 Å². The van der Waals surface area contributed by atoms with Crippen LogP contribution in [-0.4, -0.2) is 13.7 Å². The van der Waals surface area contributed by atoms with Gasteiger partial charge in [-0.05, 0) is 40.9 Å². The molecular formula is C11H14BrNO2. The minimum Gasteiger partial charge on any atom is -0.497 e. The van der Waals surface area contributed by atoms with Gasteiger partial charge in [-0.3, -0.25) is 0 Å². The highest BCUT2D eigenvalue weighted by Gasteiger charge is 2.19. The molecule has 1 aromatic rings. The van der Waals surface area contributed by atoms with Crippen LogP contribution in [0.25, 0.3) is 0 Å². The van der Waals surface area contributed by atoms with Crippen LogP contribution in [-0.2, 0) is 0 Å². The summed E-state index contributed by atoms with van der Waals surface area (Å²) in [5.41, 5.74) is 7.11. The van der Waals surface area contributed by atoms with Crippen molar-refractivity contribution in [1.82, 2.24) is 0 Å². The number of halogens is 1. The summed E-state index contributed by atoms with van der Waals surface area (Å²) in [6.07, 6.45) is 1.94. The molecule has 1 aromatic carbocycles. The molecule has 2 rings (SSSR count). The molecule has 0 spiro atoms. The van der Waals surface area contributed by atoms with Crippen molar-refractivity contribution in [3.05, 3.63) is 22.2 Å². The van der Waals surface area contributed by atoms with Crippen LogP contribution < -0.4 is 15.2 Å². The maximum absolute atomic E-state index is 6.08. The summed E-state index contributed by atoms with van der Waals surface area (Å²) in [6, 6.07) is 3.89. The zero-order valence-electron chi connectivity index (χ0n) is 8.63. The molecule has 0 saturated carbocycles. The molecule has 0 unspecified atom stereocenters. The van der Waals surface area contributed by atoms with Gasteiger partial charge in [-0.15, -0.1) is 0 Å². The highest BCUT2D eigenvalue weighted by Crippen LogP contribution is 2.39. The van der Waals surface area contributed by atoms with Gasteiger partial charge in [0.25, 0.3) is 0 Å². The molecule has 3 nitrogen and oxygen atoms in total. The Kier molecular flexibility index (Phi) is 3.17. The van der Waals surface area contributed by atoms with Crippen LogP contribution in [0.1, 0.15) is 24.4 Å². The van der Waals surface area contributed by atoms with E-state index in [0.29, 0.717) is 0 Å². The Labute approximate surface area is 97.7 Å². The molecule has 15 heavy (non-hydrogen) atoms. The van der Waals surface area contributed by atoms with Crippen LogP contribution in [0.4, 0.5) is 0 Å². The summed E-state index contributed by atoms with van der Waals surface area (Å²) in [5.74, 6) is 1.67. The van der Waals surface area contributed by atoms with E-state index in [2.05, 4.69) is 15.9 Å². The van der Waals surface area contributed by atoms with Gasteiger partial charge in [0.1, 0.15) is 11.5 Å². The molecule has 0 amide bonds. The molecule has 0 radical (unpaired) electrons. The van der Waals surface area contributed by atoms with Gasteiger partial charge in [-0.1, -0.05) is 0 Å². The Morgan fingerprint density at radius 1 is 1.53 bits per heavy atom. The first-order valence-electron chi connectivity index (χ1n) is 4.98. The Morgan fingerprint density at radius 2 is 2.33 bits per heavy atom. The van der Waals surface area contributed by atoms with E-state index in [1.807, 2.05) is 12.1 Å². The second-order valence-corrected chi connectivity index (χ2v) is 4.48. The van der Waals surface area contributed by atoms with Crippen molar-refractivity contribution in [2.24, 2.45) is 5.73 Å². The third-order valence-electron chi connectivity index (χ3n) is 2.59. The maximum Gasteiger partial charge on any atom is 0.138 e. The molecule has 0 aliphatic carbocycles. The summed E-state index contributed by atoms with van der Waals surface area (Å²) in [6.45, 7) is 0.728. The highest BCUT2D eigenvalue weighted by atomic mass is 79.9. The minimum absolute atomic E-state index is 0.0360. The first-order chi connectivity index (χ1) is 7.22. The van der Waals surface area contributed by atoms with Crippen LogP contribution >= 0.6 is 15.9 Å². The van der Waals surface area contributed by atoms with Gasteiger partial charge in [0.2, 0.25) is 0 Å². The van der Waals surface area contributed by atoms with Crippen molar-refractivity contribution in [3.8, 4) is 11.5 Å². The van der Waals surface area contributed by atoms with Crippen molar-refractivity contribution in [2.75, 3.05) is 13.7 Å². The second-order valence-electron chi connectivity index (χ2n) is 3.62. The van der Waals surface area contributed by atoms with Crippen LogP contribution in [0.5, 0.6) is 11.5 Å². The number of methoxy groups -OCH3 is 1. The van der Waals surface area contributed by atoms with Crippen LogP contribution in [0.15, 0.2) is 16.6 Å². The topological polar surface area (TPSA) is 44.5 Å². The van der Waals surface area contributed by atoms with Gasteiger partial charge < -0.3 is 15.2 Å². The van der Waals surface area contributed by atoms with E-state index in [-0.39, 0.29) is 6.04 Å². The largest absolute Gasteiger partial charge is 0.497 e. The average molecular weight is 272 g/mol. The lowest BCUT2D eigenvalue weighted by atomic mass is 10.0. The molecule has 0 fully saturated rings. The lowest BCUT2D eigenvalue weighted by Crippen LogP contribution is -2.09. The number of benzene rings is 1. The standard InChI is InChI=1S/C11H14BrNO2/c1-14-7-5-8-10(13)3-2-4-15-11(8)9(12)6-7/h5-6,10H,2-4,13H2,1H3/t10-/m1/s1. The van der Waals surface area contributed by atoms with Crippen molar-refractivity contribution < 1.29 is 9.47 Å². The number of rotatable bonds is 1. The third kappa shape index (κ3) is 2.11. The Hall–Kier alpha value is -0.740. The first-order valence-corrected chi connectivity index (χ1v) is 5.77. The second kappa shape index (κ2) is 4.41. The summed E-state index contributed by atoms with van der Waals surface area (Å²) in [7, 11) is 1.65. The van der Waals surface area contributed by atoms with E-state index in [1.165, 1.54) is 0 Å². The summed E-state index contributed by atoms with van der Waals surface area (Å²) < 4.78 is 11.8. The molecule has 0 saturated heterocycles. The number of hydrogen-bond donors (Lipinski definition) is 1. The van der Waals surface area contributed by atoms with Crippen LogP contribution in [0.2, 0.25) is 0 Å². The van der Waals surface area contributed by atoms with Crippen molar-refractivity contribution in [2.45, 2.75) is 18.9 Å². The summed E-state index contributed by atoms with van der Waals surface area (Å²) in [5, 5.41) is 0. The van der Waals surface area contributed by atoms with E-state index in [0.717, 1.165) is 41.0 Å². The van der Waals surface area contributed by atoms with Gasteiger partial charge in [0.05, 0.1) is 18.2 Å². The predicted octanol–water partition coefficient (Wildman–Crippen LogP) is 2.63. The molecule has 4 heteroatoms. The molecule has 0 aromatic heterocycles. The van der Waals surface area contributed by atoms with Gasteiger partial charge in [-0.2, -0.15) is 0 Å². The zero-order chi connectivity index (χ0) is 10.8. The molecule has 1 aliphatic heterocycles. The average Bonchev–Trinajstić information content (AvgIpc) is 2.41. The molecule has 1 heterocycles. The van der Waals surface area contributed by atoms with Gasteiger partial charge >= 0.3 is 0 Å². The van der Waals surface area contributed by atoms with Crippen LogP contribution in [0, 0.1) is 0 Å². The van der Waals surface area contributed by atoms with Gasteiger partial charge in [0, 0.05) is 11.6 Å². The number of fused-ring (bicyclic) bond motifs is 1. The highest BCUT2D eigenvalue weighted by molar-refractivity contribution is 9.10. The fourth-order valence-corrected chi connectivity index (χ4v) is 2.34. The summed E-state index contributed by atoms with van der Waals surface area (Å²) >= 11 is 3.48. The molecule has 2 N–H and O–H groups in total. The van der Waals surface area contributed by atoms with E-state index in [9.17, 15) is 0 Å². The number of ether oxygens (including phenoxy) is 2. The zero-order valence-corrected chi connectivity index (χ0v) is 10.2. The molecular weight excluding hydrogens is 258 g/mol. The smallest absolute Gasteiger partial charge is 0.138 e. The summed E-state index contributed by atoms with van der Waals surface area (Å²) in [4.78, 5) is 0. The van der Waals surface area contributed by atoms with E-state index >= 15 is 0 Å². The van der Waals surface area contributed by atoms with Crippen molar-refractivity contribution in [3.63, 3.8) is 0 Å². The Balaban J connectivity index is 2.50. The fourth-order valence-electron chi connectivity index (χ4n) is 1.77. The van der Waals surface area contributed by atoms with Crippen molar-refractivity contribution >= 4 is 15.9 Å². The molecule has 1 atom stereocenters. The maximum atomic E-state index is 6.08. The monoisotopic (exact) mass is 271 g/mol. The van der Waals surface area contributed by atoms with E-state index in [4.69, 9.17) is 15.2 Å². The number of nitrogens with two attached hydrogens (primary N) is 1. The van der Waals surface area contributed by atoms with E-state index in [1.54, 1.807) is 7.11 Å². The van der Waals surface area contributed by atoms with E-state index < -0.39 is 0 Å². The lowest BCUT2D eigenvalue weighted by molar-refractivity contribution is 0.313. The quantitative estimate of drug-likeness (QED) is 0.854. The Bertz CT molecular complexity index is 368. The third-order valence-corrected chi connectivity index (χ3v) is 3.18. The van der Waals surface area contributed by atoms with Gasteiger partial charge in [0.15, 0.2) is 0 Å². The first kappa shape index (κ1) is 10.8. The lowest BCUT2D eigenvalue weighted by Gasteiger charge is -2.14. The normalized spacial score (nSPS) is 20.1. The molecule has 0 bridgehead atoms. The number of hydrogen-bond acceptors (Lipinski definition) is 3. The minimum atomic E-state index is 0.0360. The molecule has 82 valence electrons. The fraction of sp³-hybridized carbons (Fsp3) is 0.455. The predicted molar refractivity (Wildman–Crippen MR) is 62.4 cm³/mol. The SMILES string of the molecule is COc1cc(Br)c2c(c1)[C@H](N)CCCO2. The Morgan fingerprint density at radius 3 is 3.07 bits per heavy atom. The van der Waals surface area contributed by atoms with Crippen molar-refractivity contribution in [1.29, 1.82) is 0 Å². The van der Waals surface area contributed by atoms with Gasteiger partial charge in [-0.25, -0.2) is 0 Å². The molecule has 1 aliphatic rings.